The van der Waals surface area contributed by atoms with E-state index >= 15 is 0 Å². The van der Waals surface area contributed by atoms with Gasteiger partial charge >= 0.3 is 5.97 Å². The summed E-state index contributed by atoms with van der Waals surface area (Å²) in [6.07, 6.45) is 1.11. The van der Waals surface area contributed by atoms with Crippen molar-refractivity contribution in [2.45, 2.75) is 45.3 Å². The molecule has 0 amide bonds. The van der Waals surface area contributed by atoms with E-state index in [9.17, 15) is 9.90 Å². The van der Waals surface area contributed by atoms with Crippen LogP contribution in [0.2, 0.25) is 0 Å². The molecule has 1 fully saturated rings. The first-order chi connectivity index (χ1) is 8.40. The molecule has 0 bridgehead atoms. The predicted molar refractivity (Wildman–Crippen MR) is 72.8 cm³/mol. The zero-order chi connectivity index (χ0) is 13.7. The fraction of sp³-hybridized carbons (Fsp3) is 0.923. The van der Waals surface area contributed by atoms with Crippen LogP contribution in [0.15, 0.2) is 0 Å². The molecule has 1 rings (SSSR count). The smallest absolute Gasteiger partial charge is 0.322 e. The Morgan fingerprint density at radius 2 is 2.11 bits per heavy atom. The Bertz CT molecular complexity index is 271. The highest BCUT2D eigenvalue weighted by atomic mass is 16.4. The van der Waals surface area contributed by atoms with Crippen molar-refractivity contribution >= 4 is 5.97 Å². The zero-order valence-electron chi connectivity index (χ0n) is 12.0. The molecule has 0 saturated carbocycles. The van der Waals surface area contributed by atoms with Crippen LogP contribution in [0, 0.1) is 0 Å². The van der Waals surface area contributed by atoms with E-state index in [-0.39, 0.29) is 6.04 Å². The van der Waals surface area contributed by atoms with Crippen molar-refractivity contribution in [1.82, 2.24) is 15.1 Å². The SMILES string of the molecule is CC(C)NC(CN1CCCN(C)CC1C)C(=O)O. The number of carbonyl (C=O) groups is 1. The average molecular weight is 257 g/mol. The van der Waals surface area contributed by atoms with Gasteiger partial charge < -0.3 is 15.3 Å². The molecule has 0 aromatic rings. The van der Waals surface area contributed by atoms with Gasteiger partial charge in [0.15, 0.2) is 0 Å². The predicted octanol–water partition coefficient (Wildman–Crippen LogP) is 0.464. The average Bonchev–Trinajstić information content (AvgIpc) is 2.39. The molecule has 1 aliphatic rings. The molecule has 1 heterocycles. The third-order valence-electron chi connectivity index (χ3n) is 3.43. The lowest BCUT2D eigenvalue weighted by Gasteiger charge is -2.31. The van der Waals surface area contributed by atoms with Crippen molar-refractivity contribution < 1.29 is 9.90 Å². The van der Waals surface area contributed by atoms with Gasteiger partial charge in [-0.1, -0.05) is 13.8 Å². The molecule has 0 aliphatic carbocycles. The quantitative estimate of drug-likeness (QED) is 0.749. The molecule has 106 valence electrons. The Kier molecular flexibility index (Phi) is 6.05. The molecule has 1 aliphatic heterocycles. The van der Waals surface area contributed by atoms with Crippen molar-refractivity contribution in [3.8, 4) is 0 Å². The third-order valence-corrected chi connectivity index (χ3v) is 3.43. The molecular formula is C13H27N3O2. The van der Waals surface area contributed by atoms with E-state index < -0.39 is 12.0 Å². The molecule has 0 spiro atoms. The lowest BCUT2D eigenvalue weighted by atomic mass is 10.2. The van der Waals surface area contributed by atoms with E-state index in [2.05, 4.69) is 29.1 Å². The molecule has 5 heteroatoms. The molecule has 18 heavy (non-hydrogen) atoms. The van der Waals surface area contributed by atoms with E-state index in [1.807, 2.05) is 13.8 Å². The summed E-state index contributed by atoms with van der Waals surface area (Å²) < 4.78 is 0. The highest BCUT2D eigenvalue weighted by Crippen LogP contribution is 2.09. The minimum atomic E-state index is -0.756. The van der Waals surface area contributed by atoms with Crippen LogP contribution >= 0.6 is 0 Å². The van der Waals surface area contributed by atoms with Gasteiger partial charge in [-0.05, 0) is 33.5 Å². The molecule has 0 radical (unpaired) electrons. The van der Waals surface area contributed by atoms with Gasteiger partial charge in [-0.25, -0.2) is 0 Å². The van der Waals surface area contributed by atoms with E-state index in [1.165, 1.54) is 0 Å². The highest BCUT2D eigenvalue weighted by Gasteiger charge is 2.26. The van der Waals surface area contributed by atoms with E-state index in [0.717, 1.165) is 26.1 Å². The summed E-state index contributed by atoms with van der Waals surface area (Å²) in [5, 5.41) is 12.4. The summed E-state index contributed by atoms with van der Waals surface area (Å²) in [7, 11) is 2.13. The second-order valence-electron chi connectivity index (χ2n) is 5.67. The molecule has 2 unspecified atom stereocenters. The van der Waals surface area contributed by atoms with Crippen LogP contribution in [-0.4, -0.2) is 72.2 Å². The van der Waals surface area contributed by atoms with Gasteiger partial charge in [0.2, 0.25) is 0 Å². The Morgan fingerprint density at radius 3 is 2.67 bits per heavy atom. The number of nitrogens with one attached hydrogen (secondary N) is 1. The molecule has 1 saturated heterocycles. The number of hydrogen-bond donors (Lipinski definition) is 2. The third kappa shape index (κ3) is 4.92. The summed E-state index contributed by atoms with van der Waals surface area (Å²) in [6.45, 7) is 9.81. The molecular weight excluding hydrogens is 230 g/mol. The molecule has 2 atom stereocenters. The Labute approximate surface area is 110 Å². The van der Waals surface area contributed by atoms with Crippen molar-refractivity contribution in [2.75, 3.05) is 33.2 Å². The van der Waals surface area contributed by atoms with Gasteiger partial charge in [0.1, 0.15) is 6.04 Å². The summed E-state index contributed by atoms with van der Waals surface area (Å²) in [4.78, 5) is 15.9. The minimum absolute atomic E-state index is 0.191. The summed E-state index contributed by atoms with van der Waals surface area (Å²) in [5.74, 6) is -0.756. The molecule has 0 aromatic heterocycles. The monoisotopic (exact) mass is 257 g/mol. The Balaban J connectivity index is 2.58. The van der Waals surface area contributed by atoms with Crippen LogP contribution in [0.5, 0.6) is 0 Å². The number of carboxylic acids is 1. The second kappa shape index (κ2) is 7.07. The maximum atomic E-state index is 11.3. The van der Waals surface area contributed by atoms with Crippen LogP contribution in [0.4, 0.5) is 0 Å². The molecule has 0 aromatic carbocycles. The Hall–Kier alpha value is -0.650. The highest BCUT2D eigenvalue weighted by molar-refractivity contribution is 5.73. The summed E-state index contributed by atoms with van der Waals surface area (Å²) in [5.41, 5.74) is 0. The standard InChI is InChI=1S/C13H27N3O2/c1-10(2)14-12(13(17)18)9-16-7-5-6-15(4)8-11(16)3/h10-12,14H,5-9H2,1-4H3,(H,17,18). The number of likely N-dealkylation sites (N-methyl/N-ethyl adjacent to an activating group) is 1. The first-order valence-corrected chi connectivity index (χ1v) is 6.81. The van der Waals surface area contributed by atoms with Gasteiger partial charge in [-0.3, -0.25) is 9.69 Å². The van der Waals surface area contributed by atoms with Gasteiger partial charge in [-0.15, -0.1) is 0 Å². The molecule has 5 nitrogen and oxygen atoms in total. The van der Waals surface area contributed by atoms with Crippen molar-refractivity contribution in [1.29, 1.82) is 0 Å². The lowest BCUT2D eigenvalue weighted by Crippen LogP contribution is -2.51. The number of rotatable bonds is 5. The zero-order valence-corrected chi connectivity index (χ0v) is 12.0. The van der Waals surface area contributed by atoms with Gasteiger partial charge in [-0.2, -0.15) is 0 Å². The first-order valence-electron chi connectivity index (χ1n) is 6.81. The maximum absolute atomic E-state index is 11.3. The first kappa shape index (κ1) is 15.4. The van der Waals surface area contributed by atoms with Crippen molar-refractivity contribution in [3.05, 3.63) is 0 Å². The second-order valence-corrected chi connectivity index (χ2v) is 5.67. The number of hydrogen-bond acceptors (Lipinski definition) is 4. The van der Waals surface area contributed by atoms with Crippen LogP contribution in [0.3, 0.4) is 0 Å². The van der Waals surface area contributed by atoms with Gasteiger partial charge in [0, 0.05) is 25.2 Å². The van der Waals surface area contributed by atoms with Crippen LogP contribution in [0.1, 0.15) is 27.2 Å². The Morgan fingerprint density at radius 1 is 1.44 bits per heavy atom. The van der Waals surface area contributed by atoms with Crippen LogP contribution in [0.25, 0.3) is 0 Å². The number of aliphatic carboxylic acids is 1. The largest absolute Gasteiger partial charge is 0.480 e. The van der Waals surface area contributed by atoms with Crippen LogP contribution < -0.4 is 5.32 Å². The van der Waals surface area contributed by atoms with E-state index in [4.69, 9.17) is 0 Å². The van der Waals surface area contributed by atoms with Gasteiger partial charge in [0.25, 0.3) is 0 Å². The van der Waals surface area contributed by atoms with Crippen molar-refractivity contribution in [3.63, 3.8) is 0 Å². The lowest BCUT2D eigenvalue weighted by molar-refractivity contribution is -0.140. The maximum Gasteiger partial charge on any atom is 0.322 e. The minimum Gasteiger partial charge on any atom is -0.480 e. The fourth-order valence-corrected chi connectivity index (χ4v) is 2.53. The summed E-state index contributed by atoms with van der Waals surface area (Å²) in [6, 6.07) is 0.125. The number of carboxylic acid groups (broad SMARTS) is 1. The van der Waals surface area contributed by atoms with E-state index in [0.29, 0.717) is 12.6 Å². The molecule has 2 N–H and O–H groups in total. The van der Waals surface area contributed by atoms with E-state index in [1.54, 1.807) is 0 Å². The number of nitrogens with zero attached hydrogens (tertiary/aromatic N) is 2. The normalized spacial score (nSPS) is 25.1. The summed E-state index contributed by atoms with van der Waals surface area (Å²) >= 11 is 0. The van der Waals surface area contributed by atoms with Gasteiger partial charge in [0.05, 0.1) is 0 Å². The van der Waals surface area contributed by atoms with Crippen LogP contribution in [-0.2, 0) is 4.79 Å². The van der Waals surface area contributed by atoms with Crippen molar-refractivity contribution in [2.24, 2.45) is 0 Å². The fourth-order valence-electron chi connectivity index (χ4n) is 2.53. The topological polar surface area (TPSA) is 55.8 Å².